The molecule has 0 aliphatic heterocycles. The Balaban J connectivity index is 1.16. The van der Waals surface area contributed by atoms with Gasteiger partial charge in [0.15, 0.2) is 5.58 Å². The van der Waals surface area contributed by atoms with Gasteiger partial charge in [0.05, 0.1) is 0 Å². The van der Waals surface area contributed by atoms with Gasteiger partial charge >= 0.3 is 0 Å². The van der Waals surface area contributed by atoms with Crippen LogP contribution in [-0.4, -0.2) is 4.98 Å². The fourth-order valence-electron chi connectivity index (χ4n) is 7.17. The summed E-state index contributed by atoms with van der Waals surface area (Å²) in [7, 11) is 0. The number of para-hydroxylation sites is 2. The first-order chi connectivity index (χ1) is 24.3. The zero-order chi connectivity index (χ0) is 32.3. The van der Waals surface area contributed by atoms with Gasteiger partial charge in [-0.1, -0.05) is 103 Å². The molecule has 0 bridgehead atoms. The minimum atomic E-state index is 0.585. The second kappa shape index (κ2) is 11.0. The Labute approximate surface area is 282 Å². The molecule has 4 nitrogen and oxygen atoms in total. The third kappa shape index (κ3) is 4.57. The molecule has 2 aromatic heterocycles. The van der Waals surface area contributed by atoms with Gasteiger partial charge in [0, 0.05) is 39.5 Å². The van der Waals surface area contributed by atoms with E-state index in [2.05, 4.69) is 138 Å². The number of benzene rings is 8. The Kier molecular flexibility index (Phi) is 6.15. The van der Waals surface area contributed by atoms with E-state index in [4.69, 9.17) is 13.8 Å². The maximum atomic E-state index is 6.57. The number of oxazole rings is 1. The minimum Gasteiger partial charge on any atom is -0.456 e. The van der Waals surface area contributed by atoms with Crippen LogP contribution < -0.4 is 4.90 Å². The van der Waals surface area contributed by atoms with Crippen LogP contribution in [0.2, 0.25) is 0 Å². The van der Waals surface area contributed by atoms with E-state index in [9.17, 15) is 0 Å². The zero-order valence-corrected chi connectivity index (χ0v) is 26.4. The summed E-state index contributed by atoms with van der Waals surface area (Å²) in [6.45, 7) is 0. The molecule has 0 aliphatic rings. The van der Waals surface area contributed by atoms with Gasteiger partial charge in [-0.05, 0) is 93.3 Å². The van der Waals surface area contributed by atoms with E-state index < -0.39 is 0 Å². The van der Waals surface area contributed by atoms with Crippen LogP contribution in [0.1, 0.15) is 0 Å². The second-order valence-electron chi connectivity index (χ2n) is 12.4. The number of nitrogens with zero attached hydrogens (tertiary/aromatic N) is 2. The SMILES string of the molecule is c1cc(-c2cccc3ccccc23)cc(N(c2ccc3ccccc3c2)c2ccc3c(c2)oc2cccc(-c4nc5ccccc5o4)c23)c1. The highest BCUT2D eigenvalue weighted by molar-refractivity contribution is 6.12. The molecule has 0 atom stereocenters. The molecular formula is C45H28N2O2. The first kappa shape index (κ1) is 27.5. The summed E-state index contributed by atoms with van der Waals surface area (Å²) in [4.78, 5) is 7.12. The summed E-state index contributed by atoms with van der Waals surface area (Å²) in [6, 6.07) is 59.4. The molecule has 49 heavy (non-hydrogen) atoms. The molecule has 2 heterocycles. The molecule has 0 spiro atoms. The van der Waals surface area contributed by atoms with Crippen LogP contribution in [0, 0.1) is 0 Å². The lowest BCUT2D eigenvalue weighted by atomic mass is 9.97. The largest absolute Gasteiger partial charge is 0.456 e. The van der Waals surface area contributed by atoms with Gasteiger partial charge in [0.2, 0.25) is 5.89 Å². The van der Waals surface area contributed by atoms with Crippen molar-refractivity contribution in [3.8, 4) is 22.6 Å². The predicted molar refractivity (Wildman–Crippen MR) is 202 cm³/mol. The second-order valence-corrected chi connectivity index (χ2v) is 12.4. The van der Waals surface area contributed by atoms with Crippen LogP contribution in [-0.2, 0) is 0 Å². The first-order valence-corrected chi connectivity index (χ1v) is 16.5. The highest BCUT2D eigenvalue weighted by atomic mass is 16.3. The van der Waals surface area contributed by atoms with E-state index in [1.165, 1.54) is 27.1 Å². The monoisotopic (exact) mass is 628 g/mol. The summed E-state index contributed by atoms with van der Waals surface area (Å²) < 4.78 is 12.8. The van der Waals surface area contributed by atoms with Crippen molar-refractivity contribution < 1.29 is 8.83 Å². The average Bonchev–Trinajstić information content (AvgIpc) is 3.76. The fraction of sp³-hybridized carbons (Fsp3) is 0. The summed E-state index contributed by atoms with van der Waals surface area (Å²) in [6.07, 6.45) is 0. The molecule has 0 saturated heterocycles. The van der Waals surface area contributed by atoms with Crippen LogP contribution in [0.4, 0.5) is 17.1 Å². The summed E-state index contributed by atoms with van der Waals surface area (Å²) in [5.74, 6) is 0.585. The van der Waals surface area contributed by atoms with Gasteiger partial charge in [0.25, 0.3) is 0 Å². The first-order valence-electron chi connectivity index (χ1n) is 16.5. The number of aromatic nitrogens is 1. The zero-order valence-electron chi connectivity index (χ0n) is 26.4. The van der Waals surface area contributed by atoms with E-state index in [0.717, 1.165) is 61.2 Å². The topological polar surface area (TPSA) is 42.4 Å². The number of furan rings is 1. The molecule has 0 aliphatic carbocycles. The highest BCUT2D eigenvalue weighted by Gasteiger charge is 2.20. The number of rotatable bonds is 5. The van der Waals surface area contributed by atoms with Gasteiger partial charge in [-0.25, -0.2) is 4.98 Å². The van der Waals surface area contributed by atoms with Gasteiger partial charge in [-0.15, -0.1) is 0 Å². The van der Waals surface area contributed by atoms with Crippen LogP contribution in [0.15, 0.2) is 179 Å². The Morgan fingerprint density at radius 2 is 1.10 bits per heavy atom. The lowest BCUT2D eigenvalue weighted by molar-refractivity contribution is 0.620. The smallest absolute Gasteiger partial charge is 0.228 e. The number of anilines is 3. The third-order valence-electron chi connectivity index (χ3n) is 9.46. The number of fused-ring (bicyclic) bond motifs is 6. The Morgan fingerprint density at radius 1 is 0.408 bits per heavy atom. The van der Waals surface area contributed by atoms with Crippen LogP contribution in [0.5, 0.6) is 0 Å². The van der Waals surface area contributed by atoms with Crippen LogP contribution in [0.25, 0.3) is 77.2 Å². The normalized spacial score (nSPS) is 11.7. The lowest BCUT2D eigenvalue weighted by Crippen LogP contribution is -2.10. The van der Waals surface area contributed by atoms with Crippen molar-refractivity contribution in [2.75, 3.05) is 4.90 Å². The molecule has 0 radical (unpaired) electrons. The molecule has 8 aromatic carbocycles. The molecular weight excluding hydrogens is 601 g/mol. The summed E-state index contributed by atoms with van der Waals surface area (Å²) in [5.41, 5.74) is 9.59. The maximum absolute atomic E-state index is 6.57. The van der Waals surface area contributed by atoms with E-state index in [0.29, 0.717) is 5.89 Å². The van der Waals surface area contributed by atoms with Gasteiger partial charge in [-0.3, -0.25) is 0 Å². The number of hydrogen-bond acceptors (Lipinski definition) is 4. The Bertz CT molecular complexity index is 2820. The van der Waals surface area contributed by atoms with Crippen molar-refractivity contribution in [1.82, 2.24) is 4.98 Å². The number of hydrogen-bond donors (Lipinski definition) is 0. The van der Waals surface area contributed by atoms with E-state index in [1.54, 1.807) is 0 Å². The Morgan fingerprint density at radius 3 is 2.04 bits per heavy atom. The van der Waals surface area contributed by atoms with Gasteiger partial charge in [-0.2, -0.15) is 0 Å². The minimum absolute atomic E-state index is 0.585. The van der Waals surface area contributed by atoms with Gasteiger partial charge in [0.1, 0.15) is 16.7 Å². The Hall–Kier alpha value is -6.65. The summed E-state index contributed by atoms with van der Waals surface area (Å²) >= 11 is 0. The molecule has 0 saturated carbocycles. The summed E-state index contributed by atoms with van der Waals surface area (Å²) in [5, 5.41) is 6.85. The van der Waals surface area contributed by atoms with E-state index in [-0.39, 0.29) is 0 Å². The molecule has 230 valence electrons. The quantitative estimate of drug-likeness (QED) is 0.190. The van der Waals surface area contributed by atoms with Crippen molar-refractivity contribution in [2.24, 2.45) is 0 Å². The van der Waals surface area contributed by atoms with Crippen molar-refractivity contribution in [2.45, 2.75) is 0 Å². The maximum Gasteiger partial charge on any atom is 0.228 e. The predicted octanol–water partition coefficient (Wildman–Crippen LogP) is 12.8. The molecule has 10 rings (SSSR count). The van der Waals surface area contributed by atoms with E-state index >= 15 is 0 Å². The standard InChI is InChI=1S/C45H28N2O2/c1-2-12-31-26-34(23-22-29(31)10-1)47(33-15-7-14-32(27-33)37-17-8-13-30-11-3-4-16-36(30)37)35-24-25-38-43(28-35)48-42-21-9-18-39(44(38)42)45-46-40-19-5-6-20-41(40)49-45/h1-28H. The average molecular weight is 629 g/mol. The molecule has 0 amide bonds. The van der Waals surface area contributed by atoms with Crippen LogP contribution in [0.3, 0.4) is 0 Å². The third-order valence-corrected chi connectivity index (χ3v) is 9.46. The molecule has 0 unspecified atom stereocenters. The molecule has 0 fully saturated rings. The lowest BCUT2D eigenvalue weighted by Gasteiger charge is -2.26. The molecule has 0 N–H and O–H groups in total. The van der Waals surface area contributed by atoms with Crippen molar-refractivity contribution in [3.63, 3.8) is 0 Å². The molecule has 10 aromatic rings. The fourth-order valence-corrected chi connectivity index (χ4v) is 7.17. The highest BCUT2D eigenvalue weighted by Crippen LogP contribution is 2.43. The molecule has 4 heteroatoms. The van der Waals surface area contributed by atoms with Crippen molar-refractivity contribution >= 4 is 71.6 Å². The van der Waals surface area contributed by atoms with Gasteiger partial charge < -0.3 is 13.7 Å². The van der Waals surface area contributed by atoms with Crippen LogP contribution >= 0.6 is 0 Å². The van der Waals surface area contributed by atoms with Crippen molar-refractivity contribution in [3.05, 3.63) is 170 Å². The van der Waals surface area contributed by atoms with E-state index in [1.807, 2.05) is 36.4 Å². The van der Waals surface area contributed by atoms with Crippen molar-refractivity contribution in [1.29, 1.82) is 0 Å².